The number of hydrogen-bond donors (Lipinski definition) is 1. The normalized spacial score (nSPS) is 10.6. The maximum Gasteiger partial charge on any atom is 0.222 e. The van der Waals surface area contributed by atoms with E-state index in [-0.39, 0.29) is 11.7 Å². The first-order chi connectivity index (χ1) is 12.1. The number of carbonyl (C=O) groups is 1. The maximum absolute atomic E-state index is 13.1. The van der Waals surface area contributed by atoms with Gasteiger partial charge in [-0.1, -0.05) is 6.07 Å². The van der Waals surface area contributed by atoms with Crippen molar-refractivity contribution in [3.05, 3.63) is 71.9 Å². The smallest absolute Gasteiger partial charge is 0.222 e. The van der Waals surface area contributed by atoms with Crippen molar-refractivity contribution in [2.45, 2.75) is 19.4 Å². The highest BCUT2D eigenvalue weighted by atomic mass is 19.1. The van der Waals surface area contributed by atoms with Crippen LogP contribution in [-0.4, -0.2) is 33.0 Å². The van der Waals surface area contributed by atoms with Crippen molar-refractivity contribution in [3.8, 4) is 11.3 Å². The first kappa shape index (κ1) is 16.8. The van der Waals surface area contributed by atoms with Crippen LogP contribution in [0.4, 0.5) is 4.39 Å². The summed E-state index contributed by atoms with van der Waals surface area (Å²) in [6, 6.07) is 10.0. The Morgan fingerprint density at radius 1 is 1.20 bits per heavy atom. The van der Waals surface area contributed by atoms with Gasteiger partial charge < -0.3 is 4.90 Å². The molecule has 3 rings (SSSR count). The SMILES string of the molecule is CN(Cc1cn[nH]c1-c1ccc(F)cc1)C(=O)CCc1cccnc1. The van der Waals surface area contributed by atoms with Gasteiger partial charge in [-0.2, -0.15) is 5.10 Å². The summed E-state index contributed by atoms with van der Waals surface area (Å²) in [5, 5.41) is 6.99. The Balaban J connectivity index is 1.63. The number of H-pyrrole nitrogens is 1. The molecule has 1 N–H and O–H groups in total. The van der Waals surface area contributed by atoms with Gasteiger partial charge in [0.05, 0.1) is 11.9 Å². The minimum atomic E-state index is -0.285. The zero-order valence-corrected chi connectivity index (χ0v) is 13.9. The van der Waals surface area contributed by atoms with Crippen molar-refractivity contribution in [1.29, 1.82) is 0 Å². The molecule has 2 heterocycles. The van der Waals surface area contributed by atoms with Crippen LogP contribution < -0.4 is 0 Å². The summed E-state index contributed by atoms with van der Waals surface area (Å²) >= 11 is 0. The minimum Gasteiger partial charge on any atom is -0.341 e. The van der Waals surface area contributed by atoms with E-state index in [4.69, 9.17) is 0 Å². The number of hydrogen-bond acceptors (Lipinski definition) is 3. The van der Waals surface area contributed by atoms with E-state index in [1.807, 2.05) is 12.1 Å². The number of benzene rings is 1. The van der Waals surface area contributed by atoms with E-state index < -0.39 is 0 Å². The molecule has 0 radical (unpaired) electrons. The highest BCUT2D eigenvalue weighted by Crippen LogP contribution is 2.22. The Hall–Kier alpha value is -3.02. The molecule has 0 aliphatic carbocycles. The number of halogens is 1. The molecule has 0 saturated heterocycles. The van der Waals surface area contributed by atoms with Gasteiger partial charge >= 0.3 is 0 Å². The number of aryl methyl sites for hydroxylation is 1. The summed E-state index contributed by atoms with van der Waals surface area (Å²) in [4.78, 5) is 18.1. The monoisotopic (exact) mass is 338 g/mol. The number of rotatable bonds is 6. The van der Waals surface area contributed by atoms with Crippen LogP contribution in [0.15, 0.2) is 55.0 Å². The average molecular weight is 338 g/mol. The number of aromatic amines is 1. The first-order valence-electron chi connectivity index (χ1n) is 8.04. The van der Waals surface area contributed by atoms with Crippen molar-refractivity contribution >= 4 is 5.91 Å². The fourth-order valence-corrected chi connectivity index (χ4v) is 2.63. The van der Waals surface area contributed by atoms with Gasteiger partial charge in [0.1, 0.15) is 5.82 Å². The summed E-state index contributed by atoms with van der Waals surface area (Å²) in [7, 11) is 1.77. The number of nitrogens with zero attached hydrogens (tertiary/aromatic N) is 3. The number of pyridine rings is 1. The van der Waals surface area contributed by atoms with Crippen LogP contribution in [0.2, 0.25) is 0 Å². The van der Waals surface area contributed by atoms with Crippen LogP contribution in [0.3, 0.4) is 0 Å². The Morgan fingerprint density at radius 2 is 2.00 bits per heavy atom. The summed E-state index contributed by atoms with van der Waals surface area (Å²) in [5.41, 5.74) is 3.57. The van der Waals surface area contributed by atoms with Crippen molar-refractivity contribution < 1.29 is 9.18 Å². The molecule has 0 atom stereocenters. The molecule has 6 heteroatoms. The molecule has 1 amide bonds. The molecule has 0 fully saturated rings. The van der Waals surface area contributed by atoms with Crippen LogP contribution in [0.5, 0.6) is 0 Å². The van der Waals surface area contributed by atoms with Crippen molar-refractivity contribution in [2.24, 2.45) is 0 Å². The minimum absolute atomic E-state index is 0.0510. The lowest BCUT2D eigenvalue weighted by atomic mass is 10.1. The summed E-state index contributed by atoms with van der Waals surface area (Å²) in [5.74, 6) is -0.234. The second kappa shape index (κ2) is 7.70. The van der Waals surface area contributed by atoms with Gasteiger partial charge in [-0.25, -0.2) is 4.39 Å². The molecule has 128 valence electrons. The predicted octanol–water partition coefficient (Wildman–Crippen LogP) is 3.20. The first-order valence-corrected chi connectivity index (χ1v) is 8.04. The quantitative estimate of drug-likeness (QED) is 0.751. The molecule has 0 spiro atoms. The van der Waals surface area contributed by atoms with Crippen molar-refractivity contribution in [3.63, 3.8) is 0 Å². The number of carbonyl (C=O) groups excluding carboxylic acids is 1. The van der Waals surface area contributed by atoms with Crippen LogP contribution in [0, 0.1) is 5.82 Å². The van der Waals surface area contributed by atoms with Crippen LogP contribution in [0.1, 0.15) is 17.5 Å². The van der Waals surface area contributed by atoms with E-state index in [2.05, 4.69) is 15.2 Å². The molecule has 1 aromatic carbocycles. The van der Waals surface area contributed by atoms with Gasteiger partial charge in [0, 0.05) is 43.5 Å². The molecule has 25 heavy (non-hydrogen) atoms. The molecular formula is C19H19FN4O. The Kier molecular flexibility index (Phi) is 5.18. The van der Waals surface area contributed by atoms with Crippen molar-refractivity contribution in [2.75, 3.05) is 7.05 Å². The number of aromatic nitrogens is 3. The zero-order chi connectivity index (χ0) is 17.6. The molecule has 0 aliphatic rings. The van der Waals surface area contributed by atoms with Crippen LogP contribution in [-0.2, 0) is 17.8 Å². The molecule has 2 aromatic heterocycles. The number of amides is 1. The Labute approximate surface area is 145 Å². The van der Waals surface area contributed by atoms with Crippen LogP contribution >= 0.6 is 0 Å². The predicted molar refractivity (Wildman–Crippen MR) is 93.0 cm³/mol. The molecule has 0 bridgehead atoms. The third-order valence-corrected chi connectivity index (χ3v) is 4.03. The largest absolute Gasteiger partial charge is 0.341 e. The van der Waals surface area contributed by atoms with Gasteiger partial charge in [0.2, 0.25) is 5.91 Å². The standard InChI is InChI=1S/C19H19FN4O/c1-24(18(25)9-4-14-3-2-10-21-11-14)13-16-12-22-23-19(16)15-5-7-17(20)8-6-15/h2-3,5-8,10-12H,4,9,13H2,1H3,(H,22,23). The molecular weight excluding hydrogens is 319 g/mol. The fourth-order valence-electron chi connectivity index (χ4n) is 2.63. The third kappa shape index (κ3) is 4.29. The zero-order valence-electron chi connectivity index (χ0n) is 13.9. The lowest BCUT2D eigenvalue weighted by Gasteiger charge is -2.17. The van der Waals surface area contributed by atoms with Gasteiger partial charge in [0.15, 0.2) is 0 Å². The molecule has 0 saturated carbocycles. The summed E-state index contributed by atoms with van der Waals surface area (Å²) in [6.07, 6.45) is 6.27. The molecule has 3 aromatic rings. The lowest BCUT2D eigenvalue weighted by Crippen LogP contribution is -2.26. The van der Waals surface area contributed by atoms with E-state index in [1.54, 1.807) is 42.7 Å². The highest BCUT2D eigenvalue weighted by Gasteiger charge is 2.14. The van der Waals surface area contributed by atoms with Crippen LogP contribution in [0.25, 0.3) is 11.3 Å². The fraction of sp³-hybridized carbons (Fsp3) is 0.211. The van der Waals surface area contributed by atoms with Gasteiger partial charge in [-0.3, -0.25) is 14.9 Å². The van der Waals surface area contributed by atoms with E-state index in [1.165, 1.54) is 12.1 Å². The van der Waals surface area contributed by atoms with Crippen molar-refractivity contribution in [1.82, 2.24) is 20.1 Å². The molecule has 0 unspecified atom stereocenters. The maximum atomic E-state index is 13.1. The van der Waals surface area contributed by atoms with E-state index in [0.29, 0.717) is 19.4 Å². The van der Waals surface area contributed by atoms with E-state index in [0.717, 1.165) is 22.4 Å². The highest BCUT2D eigenvalue weighted by molar-refractivity contribution is 5.76. The van der Waals surface area contributed by atoms with E-state index in [9.17, 15) is 9.18 Å². The summed E-state index contributed by atoms with van der Waals surface area (Å²) in [6.45, 7) is 0.440. The Bertz CT molecular complexity index is 830. The Morgan fingerprint density at radius 3 is 2.72 bits per heavy atom. The second-order valence-electron chi connectivity index (χ2n) is 5.89. The molecule has 5 nitrogen and oxygen atoms in total. The van der Waals surface area contributed by atoms with Gasteiger partial charge in [0.25, 0.3) is 0 Å². The summed E-state index contributed by atoms with van der Waals surface area (Å²) < 4.78 is 13.1. The third-order valence-electron chi connectivity index (χ3n) is 4.03. The number of nitrogens with one attached hydrogen (secondary N) is 1. The van der Waals surface area contributed by atoms with E-state index >= 15 is 0 Å². The van der Waals surface area contributed by atoms with Gasteiger partial charge in [-0.05, 0) is 42.3 Å². The topological polar surface area (TPSA) is 61.9 Å². The average Bonchev–Trinajstić information content (AvgIpc) is 3.09. The van der Waals surface area contributed by atoms with Gasteiger partial charge in [-0.15, -0.1) is 0 Å². The second-order valence-corrected chi connectivity index (χ2v) is 5.89. The lowest BCUT2D eigenvalue weighted by molar-refractivity contribution is -0.130. The molecule has 0 aliphatic heterocycles.